The van der Waals surface area contributed by atoms with E-state index in [1.165, 1.54) is 0 Å². The third-order valence-corrected chi connectivity index (χ3v) is 2.90. The van der Waals surface area contributed by atoms with Crippen LogP contribution in [0.15, 0.2) is 18.2 Å². The Kier molecular flexibility index (Phi) is 3.06. The van der Waals surface area contributed by atoms with Crippen molar-refractivity contribution in [1.82, 2.24) is 9.88 Å². The first-order chi connectivity index (χ1) is 7.29. The lowest BCUT2D eigenvalue weighted by Gasteiger charge is -2.34. The zero-order chi connectivity index (χ0) is 10.7. The van der Waals surface area contributed by atoms with Crippen molar-refractivity contribution in [3.8, 4) is 0 Å². The van der Waals surface area contributed by atoms with Gasteiger partial charge in [0.1, 0.15) is 11.6 Å². The van der Waals surface area contributed by atoms with E-state index in [2.05, 4.69) is 21.7 Å². The second-order valence-electron chi connectivity index (χ2n) is 3.84. The Morgan fingerprint density at radius 1 is 1.27 bits per heavy atom. The predicted molar refractivity (Wildman–Crippen MR) is 63.0 cm³/mol. The highest BCUT2D eigenvalue weighted by molar-refractivity contribution is 5.45. The van der Waals surface area contributed by atoms with Crippen LogP contribution in [0, 0.1) is 0 Å². The molecule has 1 fully saturated rings. The van der Waals surface area contributed by atoms with Crippen molar-refractivity contribution in [1.29, 1.82) is 0 Å². The van der Waals surface area contributed by atoms with Gasteiger partial charge in [-0.1, -0.05) is 13.0 Å². The summed E-state index contributed by atoms with van der Waals surface area (Å²) >= 11 is 0. The lowest BCUT2D eigenvalue weighted by molar-refractivity contribution is 0.270. The number of rotatable bonds is 2. The first-order valence-corrected chi connectivity index (χ1v) is 5.49. The molecule has 1 saturated heterocycles. The van der Waals surface area contributed by atoms with Crippen LogP contribution in [0.1, 0.15) is 6.92 Å². The number of aromatic nitrogens is 1. The van der Waals surface area contributed by atoms with E-state index in [1.807, 2.05) is 18.2 Å². The van der Waals surface area contributed by atoms with Crippen molar-refractivity contribution in [3.05, 3.63) is 18.2 Å². The second-order valence-corrected chi connectivity index (χ2v) is 3.84. The highest BCUT2D eigenvalue weighted by Crippen LogP contribution is 2.14. The summed E-state index contributed by atoms with van der Waals surface area (Å²) in [4.78, 5) is 9.07. The normalized spacial score (nSPS) is 18.1. The van der Waals surface area contributed by atoms with E-state index in [0.717, 1.165) is 38.5 Å². The molecule has 2 N–H and O–H groups in total. The number of nitrogen functional groups attached to an aromatic ring is 1. The van der Waals surface area contributed by atoms with Crippen molar-refractivity contribution in [2.75, 3.05) is 43.4 Å². The number of hydrogen-bond acceptors (Lipinski definition) is 4. The molecule has 82 valence electrons. The van der Waals surface area contributed by atoms with Crippen molar-refractivity contribution < 1.29 is 0 Å². The lowest BCUT2D eigenvalue weighted by Crippen LogP contribution is -2.46. The van der Waals surface area contributed by atoms with Gasteiger partial charge in [0.25, 0.3) is 0 Å². The quantitative estimate of drug-likeness (QED) is 0.777. The van der Waals surface area contributed by atoms with E-state index >= 15 is 0 Å². The fourth-order valence-electron chi connectivity index (χ4n) is 1.91. The predicted octanol–water partition coefficient (Wildman–Crippen LogP) is 0.806. The van der Waals surface area contributed by atoms with Crippen LogP contribution < -0.4 is 10.6 Å². The van der Waals surface area contributed by atoms with Crippen LogP contribution in [0.25, 0.3) is 0 Å². The third-order valence-electron chi connectivity index (χ3n) is 2.90. The maximum atomic E-state index is 5.67. The Morgan fingerprint density at radius 2 is 2.00 bits per heavy atom. The molecule has 0 spiro atoms. The highest BCUT2D eigenvalue weighted by atomic mass is 15.3. The summed E-state index contributed by atoms with van der Waals surface area (Å²) in [5.74, 6) is 1.61. The molecule has 2 heterocycles. The van der Waals surface area contributed by atoms with Gasteiger partial charge >= 0.3 is 0 Å². The topological polar surface area (TPSA) is 45.4 Å². The maximum absolute atomic E-state index is 5.67. The molecule has 1 aliphatic rings. The molecule has 15 heavy (non-hydrogen) atoms. The van der Waals surface area contributed by atoms with Crippen molar-refractivity contribution in [3.63, 3.8) is 0 Å². The fourth-order valence-corrected chi connectivity index (χ4v) is 1.91. The number of nitrogens with zero attached hydrogens (tertiary/aromatic N) is 3. The molecule has 4 heteroatoms. The SMILES string of the molecule is CCN1CCN(c2cccc(N)n2)CC1. The number of nitrogens with two attached hydrogens (primary N) is 1. The van der Waals surface area contributed by atoms with E-state index in [-0.39, 0.29) is 0 Å². The van der Waals surface area contributed by atoms with Gasteiger partial charge in [0, 0.05) is 26.2 Å². The Bertz CT molecular complexity index is 318. The largest absolute Gasteiger partial charge is 0.384 e. The molecule has 0 aliphatic carbocycles. The molecule has 1 aromatic rings. The van der Waals surface area contributed by atoms with E-state index in [9.17, 15) is 0 Å². The molecular formula is C11H18N4. The van der Waals surface area contributed by atoms with Crippen molar-refractivity contribution >= 4 is 11.6 Å². The molecule has 0 saturated carbocycles. The number of pyridine rings is 1. The molecule has 0 amide bonds. The minimum Gasteiger partial charge on any atom is -0.384 e. The molecule has 4 nitrogen and oxygen atoms in total. The standard InChI is InChI=1S/C11H18N4/c1-2-14-6-8-15(9-7-14)11-5-3-4-10(12)13-11/h3-5H,2,6-9H2,1H3,(H2,12,13). The molecule has 0 bridgehead atoms. The summed E-state index contributed by atoms with van der Waals surface area (Å²) < 4.78 is 0. The highest BCUT2D eigenvalue weighted by Gasteiger charge is 2.16. The van der Waals surface area contributed by atoms with Gasteiger partial charge in [-0.05, 0) is 18.7 Å². The smallest absolute Gasteiger partial charge is 0.131 e. The second kappa shape index (κ2) is 4.49. The maximum Gasteiger partial charge on any atom is 0.131 e. The average Bonchev–Trinajstić information content (AvgIpc) is 2.29. The summed E-state index contributed by atoms with van der Waals surface area (Å²) in [5, 5.41) is 0. The monoisotopic (exact) mass is 206 g/mol. The van der Waals surface area contributed by atoms with E-state index in [0.29, 0.717) is 5.82 Å². The van der Waals surface area contributed by atoms with Gasteiger partial charge in [0.05, 0.1) is 0 Å². The first kappa shape index (κ1) is 10.2. The van der Waals surface area contributed by atoms with Gasteiger partial charge in [-0.3, -0.25) is 0 Å². The van der Waals surface area contributed by atoms with Crippen LogP contribution in [-0.4, -0.2) is 42.6 Å². The van der Waals surface area contributed by atoms with E-state index in [1.54, 1.807) is 0 Å². The van der Waals surface area contributed by atoms with Crippen LogP contribution in [0.3, 0.4) is 0 Å². The molecule has 0 radical (unpaired) electrons. The molecule has 0 unspecified atom stereocenters. The molecule has 2 rings (SSSR count). The van der Waals surface area contributed by atoms with Crippen LogP contribution in [0.5, 0.6) is 0 Å². The zero-order valence-electron chi connectivity index (χ0n) is 9.19. The number of likely N-dealkylation sites (N-methyl/N-ethyl adjacent to an activating group) is 1. The third kappa shape index (κ3) is 2.39. The van der Waals surface area contributed by atoms with Crippen LogP contribution >= 0.6 is 0 Å². The molecular weight excluding hydrogens is 188 g/mol. The summed E-state index contributed by atoms with van der Waals surface area (Å²) in [7, 11) is 0. The van der Waals surface area contributed by atoms with Gasteiger partial charge in [-0.25, -0.2) is 4.98 Å². The summed E-state index contributed by atoms with van der Waals surface area (Å²) in [6.45, 7) is 7.67. The molecule has 1 aromatic heterocycles. The van der Waals surface area contributed by atoms with Crippen LogP contribution in [0.2, 0.25) is 0 Å². The first-order valence-electron chi connectivity index (χ1n) is 5.49. The van der Waals surface area contributed by atoms with E-state index < -0.39 is 0 Å². The van der Waals surface area contributed by atoms with Crippen LogP contribution in [-0.2, 0) is 0 Å². The zero-order valence-corrected chi connectivity index (χ0v) is 9.19. The molecule has 1 aliphatic heterocycles. The lowest BCUT2D eigenvalue weighted by atomic mass is 10.3. The Balaban J connectivity index is 2.01. The Labute approximate surface area is 90.7 Å². The van der Waals surface area contributed by atoms with Gasteiger partial charge in [-0.15, -0.1) is 0 Å². The number of anilines is 2. The summed E-state index contributed by atoms with van der Waals surface area (Å²) in [6, 6.07) is 5.81. The number of hydrogen-bond donors (Lipinski definition) is 1. The minimum absolute atomic E-state index is 0.602. The van der Waals surface area contributed by atoms with Crippen LogP contribution in [0.4, 0.5) is 11.6 Å². The summed E-state index contributed by atoms with van der Waals surface area (Å²) in [6.07, 6.45) is 0. The average molecular weight is 206 g/mol. The fraction of sp³-hybridized carbons (Fsp3) is 0.545. The van der Waals surface area contributed by atoms with Crippen molar-refractivity contribution in [2.24, 2.45) is 0 Å². The molecule has 0 atom stereocenters. The van der Waals surface area contributed by atoms with Gasteiger partial charge in [-0.2, -0.15) is 0 Å². The Morgan fingerprint density at radius 3 is 2.60 bits per heavy atom. The minimum atomic E-state index is 0.602. The van der Waals surface area contributed by atoms with Gasteiger partial charge < -0.3 is 15.5 Å². The molecule has 0 aromatic carbocycles. The van der Waals surface area contributed by atoms with Gasteiger partial charge in [0.2, 0.25) is 0 Å². The van der Waals surface area contributed by atoms with E-state index in [4.69, 9.17) is 5.73 Å². The van der Waals surface area contributed by atoms with Gasteiger partial charge in [0.15, 0.2) is 0 Å². The Hall–Kier alpha value is -1.29. The van der Waals surface area contributed by atoms with Crippen molar-refractivity contribution in [2.45, 2.75) is 6.92 Å². The number of piperazine rings is 1. The summed E-state index contributed by atoms with van der Waals surface area (Å²) in [5.41, 5.74) is 5.67.